The molecular weight excluding hydrogens is 176 g/mol. The molecule has 2 heterocycles. The Morgan fingerprint density at radius 2 is 2.07 bits per heavy atom. The normalized spacial score (nSPS) is 9.36. The van der Waals surface area contributed by atoms with E-state index < -0.39 is 0 Å². The van der Waals surface area contributed by atoms with E-state index in [1.807, 2.05) is 24.3 Å². The monoisotopic (exact) mass is 182 g/mol. The fourth-order valence-electron chi connectivity index (χ4n) is 1.06. The largest absolute Gasteiger partial charge is 0.259 e. The molecule has 0 N–H and O–H groups in total. The van der Waals surface area contributed by atoms with Crippen LogP contribution in [-0.2, 0) is 0 Å². The van der Waals surface area contributed by atoms with Crippen molar-refractivity contribution < 1.29 is 0 Å². The van der Waals surface area contributed by atoms with Crippen LogP contribution in [0.5, 0.6) is 0 Å². The number of pyridine rings is 1. The Morgan fingerprint density at radius 3 is 2.79 bits per heavy atom. The molecule has 0 saturated carbocycles. The zero-order valence-electron chi connectivity index (χ0n) is 7.25. The summed E-state index contributed by atoms with van der Waals surface area (Å²) in [6.07, 6.45) is 4.69. The molecule has 0 aliphatic heterocycles. The molecule has 0 bridgehead atoms. The smallest absolute Gasteiger partial charge is 0.159 e. The minimum Gasteiger partial charge on any atom is -0.259 e. The van der Waals surface area contributed by atoms with Gasteiger partial charge >= 0.3 is 0 Å². The summed E-state index contributed by atoms with van der Waals surface area (Å²) in [6.45, 7) is 0. The van der Waals surface area contributed by atoms with Crippen molar-refractivity contribution in [2.75, 3.05) is 0 Å². The van der Waals surface area contributed by atoms with E-state index in [1.54, 1.807) is 12.4 Å². The van der Waals surface area contributed by atoms with Gasteiger partial charge in [-0.3, -0.25) is 9.97 Å². The van der Waals surface area contributed by atoms with Gasteiger partial charge in [-0.15, -0.1) is 0 Å². The first-order chi connectivity index (χ1) is 6.90. The summed E-state index contributed by atoms with van der Waals surface area (Å²) in [5.41, 5.74) is 1.63. The van der Waals surface area contributed by atoms with Gasteiger partial charge in [0.05, 0.1) is 18.1 Å². The lowest BCUT2D eigenvalue weighted by atomic mass is 10.3. The first-order valence-electron chi connectivity index (χ1n) is 4.04. The predicted molar refractivity (Wildman–Crippen MR) is 50.0 cm³/mol. The number of hydrogen-bond acceptors (Lipinski definition) is 4. The molecule has 0 amide bonds. The molecule has 14 heavy (non-hydrogen) atoms. The SMILES string of the molecule is N#Cc1cncc(-c2ccccn2)n1. The Balaban J connectivity index is 2.49. The quantitative estimate of drug-likeness (QED) is 0.668. The number of rotatable bonds is 1. The highest BCUT2D eigenvalue weighted by atomic mass is 14.8. The van der Waals surface area contributed by atoms with Crippen molar-refractivity contribution in [3.63, 3.8) is 0 Å². The minimum absolute atomic E-state index is 0.299. The molecule has 4 nitrogen and oxygen atoms in total. The van der Waals surface area contributed by atoms with E-state index in [9.17, 15) is 0 Å². The fourth-order valence-corrected chi connectivity index (χ4v) is 1.06. The summed E-state index contributed by atoms with van der Waals surface area (Å²) in [6, 6.07) is 7.45. The second-order valence-corrected chi connectivity index (χ2v) is 2.62. The van der Waals surface area contributed by atoms with Crippen LogP contribution in [0.15, 0.2) is 36.8 Å². The average Bonchev–Trinajstić information content (AvgIpc) is 2.30. The van der Waals surface area contributed by atoms with Crippen molar-refractivity contribution in [2.45, 2.75) is 0 Å². The molecule has 0 aromatic carbocycles. The molecule has 0 atom stereocenters. The Bertz CT molecular complexity index is 473. The second-order valence-electron chi connectivity index (χ2n) is 2.62. The number of nitrogens with zero attached hydrogens (tertiary/aromatic N) is 4. The van der Waals surface area contributed by atoms with E-state index >= 15 is 0 Å². The number of aromatic nitrogens is 3. The Kier molecular flexibility index (Phi) is 2.15. The summed E-state index contributed by atoms with van der Waals surface area (Å²) in [5, 5.41) is 8.64. The van der Waals surface area contributed by atoms with Gasteiger partial charge in [-0.1, -0.05) is 6.07 Å². The maximum Gasteiger partial charge on any atom is 0.159 e. The molecule has 2 aromatic heterocycles. The van der Waals surface area contributed by atoms with Crippen LogP contribution in [0.4, 0.5) is 0 Å². The highest BCUT2D eigenvalue weighted by Gasteiger charge is 2.01. The minimum atomic E-state index is 0.299. The van der Waals surface area contributed by atoms with Crippen LogP contribution in [0, 0.1) is 11.3 Å². The van der Waals surface area contributed by atoms with E-state index in [-0.39, 0.29) is 0 Å². The molecule has 0 radical (unpaired) electrons. The first-order valence-corrected chi connectivity index (χ1v) is 4.04. The second kappa shape index (κ2) is 3.62. The van der Waals surface area contributed by atoms with Crippen LogP contribution in [0.1, 0.15) is 5.69 Å². The molecule has 2 aromatic rings. The molecule has 2 rings (SSSR count). The molecule has 0 spiro atoms. The molecule has 4 heteroatoms. The van der Waals surface area contributed by atoms with E-state index in [0.29, 0.717) is 11.4 Å². The lowest BCUT2D eigenvalue weighted by molar-refractivity contribution is 1.15. The van der Waals surface area contributed by atoms with Crippen molar-refractivity contribution >= 4 is 0 Å². The molecule has 0 unspecified atom stereocenters. The van der Waals surface area contributed by atoms with Crippen LogP contribution in [-0.4, -0.2) is 15.0 Å². The van der Waals surface area contributed by atoms with Crippen molar-refractivity contribution in [3.05, 3.63) is 42.5 Å². The van der Waals surface area contributed by atoms with Gasteiger partial charge < -0.3 is 0 Å². The lowest BCUT2D eigenvalue weighted by Gasteiger charge is -1.97. The highest BCUT2D eigenvalue weighted by molar-refractivity contribution is 5.52. The number of hydrogen-bond donors (Lipinski definition) is 0. The van der Waals surface area contributed by atoms with Crippen molar-refractivity contribution in [2.24, 2.45) is 0 Å². The van der Waals surface area contributed by atoms with Crippen LogP contribution in [0.25, 0.3) is 11.4 Å². The van der Waals surface area contributed by atoms with E-state index in [1.165, 1.54) is 6.20 Å². The maximum atomic E-state index is 8.64. The summed E-state index contributed by atoms with van der Waals surface area (Å²) in [4.78, 5) is 12.1. The third-order valence-corrected chi connectivity index (χ3v) is 1.68. The van der Waals surface area contributed by atoms with E-state index in [4.69, 9.17) is 5.26 Å². The van der Waals surface area contributed by atoms with Gasteiger partial charge in [-0.25, -0.2) is 4.98 Å². The molecule has 0 aliphatic carbocycles. The molecule has 0 fully saturated rings. The standard InChI is InChI=1S/C10H6N4/c11-5-8-6-12-7-10(14-8)9-3-1-2-4-13-9/h1-4,6-7H. The lowest BCUT2D eigenvalue weighted by Crippen LogP contribution is -1.91. The Morgan fingerprint density at radius 1 is 1.14 bits per heavy atom. The molecular formula is C10H6N4. The average molecular weight is 182 g/mol. The Hall–Kier alpha value is -2.28. The zero-order chi connectivity index (χ0) is 9.80. The third kappa shape index (κ3) is 1.57. The van der Waals surface area contributed by atoms with Crippen LogP contribution in [0.2, 0.25) is 0 Å². The van der Waals surface area contributed by atoms with Gasteiger partial charge in [-0.2, -0.15) is 5.26 Å². The predicted octanol–water partition coefficient (Wildman–Crippen LogP) is 1.41. The van der Waals surface area contributed by atoms with E-state index in [2.05, 4.69) is 15.0 Å². The van der Waals surface area contributed by atoms with E-state index in [0.717, 1.165) is 5.69 Å². The highest BCUT2D eigenvalue weighted by Crippen LogP contribution is 2.11. The van der Waals surface area contributed by atoms with Gasteiger partial charge in [0.25, 0.3) is 0 Å². The Labute approximate surface area is 80.9 Å². The number of nitriles is 1. The maximum absolute atomic E-state index is 8.64. The molecule has 66 valence electrons. The van der Waals surface area contributed by atoms with Gasteiger partial charge in [0.15, 0.2) is 5.69 Å². The first kappa shape index (κ1) is 8.32. The van der Waals surface area contributed by atoms with Gasteiger partial charge in [0.1, 0.15) is 11.8 Å². The summed E-state index contributed by atoms with van der Waals surface area (Å²) < 4.78 is 0. The third-order valence-electron chi connectivity index (χ3n) is 1.68. The van der Waals surface area contributed by atoms with Crippen LogP contribution in [0.3, 0.4) is 0 Å². The summed E-state index contributed by atoms with van der Waals surface area (Å²) in [5.74, 6) is 0. The van der Waals surface area contributed by atoms with Crippen molar-refractivity contribution in [1.29, 1.82) is 5.26 Å². The molecule has 0 saturated heterocycles. The van der Waals surface area contributed by atoms with Gasteiger partial charge in [0, 0.05) is 6.20 Å². The fraction of sp³-hybridized carbons (Fsp3) is 0. The van der Waals surface area contributed by atoms with Crippen molar-refractivity contribution in [1.82, 2.24) is 15.0 Å². The van der Waals surface area contributed by atoms with Gasteiger partial charge in [0.2, 0.25) is 0 Å². The topological polar surface area (TPSA) is 62.5 Å². The van der Waals surface area contributed by atoms with Crippen LogP contribution >= 0.6 is 0 Å². The zero-order valence-corrected chi connectivity index (χ0v) is 7.25. The molecule has 0 aliphatic rings. The van der Waals surface area contributed by atoms with Crippen molar-refractivity contribution in [3.8, 4) is 17.5 Å². The van der Waals surface area contributed by atoms with Gasteiger partial charge in [-0.05, 0) is 12.1 Å². The summed E-state index contributed by atoms with van der Waals surface area (Å²) >= 11 is 0. The van der Waals surface area contributed by atoms with Crippen LogP contribution < -0.4 is 0 Å². The summed E-state index contributed by atoms with van der Waals surface area (Å²) in [7, 11) is 0.